The Kier molecular flexibility index (Phi) is 11.3. The van der Waals surface area contributed by atoms with E-state index in [1.165, 1.54) is 9.80 Å². The molecule has 0 N–H and O–H groups in total. The van der Waals surface area contributed by atoms with Crippen molar-refractivity contribution in [3.05, 3.63) is 400 Å². The molecule has 0 atom stereocenters. The van der Waals surface area contributed by atoms with Crippen LogP contribution >= 0.6 is 0 Å². The van der Waals surface area contributed by atoms with Gasteiger partial charge >= 0.3 is 0 Å². The molecule has 0 fully saturated rings. The van der Waals surface area contributed by atoms with Crippen LogP contribution in [0.4, 0.5) is 34.1 Å². The quantitative estimate of drug-likeness (QED) is 0.119. The van der Waals surface area contributed by atoms with Crippen molar-refractivity contribution in [1.82, 2.24) is 0 Å². The third-order valence-electron chi connectivity index (χ3n) is 18.7. The van der Waals surface area contributed by atoms with Crippen molar-refractivity contribution in [1.29, 1.82) is 0 Å². The van der Waals surface area contributed by atoms with E-state index in [0.717, 1.165) is 97.7 Å². The number of hydrogen-bond donors (Lipinski definition) is 0. The summed E-state index contributed by atoms with van der Waals surface area (Å²) in [6.07, 6.45) is 0. The van der Waals surface area contributed by atoms with Gasteiger partial charge in [-0.3, -0.25) is 0 Å². The van der Waals surface area contributed by atoms with Crippen molar-refractivity contribution >= 4 is 120 Å². The molecular weight excluding hydrogens is 1210 g/mol. The number of nitrogens with zero attached hydrogens (tertiary/aromatic N) is 2. The largest absolute Gasteiger partial charge is 0.310 e. The molecule has 0 saturated carbocycles. The number of rotatable bonds is 11. The van der Waals surface area contributed by atoms with Crippen LogP contribution in [0.2, 0.25) is 0 Å². The van der Waals surface area contributed by atoms with Crippen molar-refractivity contribution in [2.24, 2.45) is 0 Å². The fourth-order valence-corrected chi connectivity index (χ4v) is 14.4. The van der Waals surface area contributed by atoms with Crippen LogP contribution in [-0.4, -0.2) is 0 Å². The number of para-hydroxylation sites is 1. The van der Waals surface area contributed by atoms with Crippen LogP contribution < -0.4 is 9.80 Å². The molecule has 0 spiro atoms. The summed E-state index contributed by atoms with van der Waals surface area (Å²) in [7, 11) is 0. The van der Waals surface area contributed by atoms with Gasteiger partial charge in [-0.25, -0.2) is 0 Å². The Balaban J connectivity index is 0.000000162. The SMILES string of the molecule is [2H]c1c([2H])c(N(c2c([2H])c([2H])c(-c3c(-c4ccccc4)c4ccccc4c4ccccc34)c([2H])c2[2H])c2cc3ccccc3c3ccccc23)c([2H])c([2H])c1-c1ccccc1.[2H]c1c([2H])c([2H])c(N(c2c([2H])c([2H])c(-c3c(-c4ccccc4)c4ccccc4c4ccccc34)c([2H])c2[2H])c2cc3ccccc3c3ccccc23)c([2H])c1[2H]. The number of anilines is 6. The van der Waals surface area contributed by atoms with Crippen molar-refractivity contribution in [3.8, 4) is 55.6 Å². The van der Waals surface area contributed by atoms with Gasteiger partial charge in [-0.05, 0) is 192 Å². The van der Waals surface area contributed by atoms with E-state index in [1.54, 1.807) is 24.3 Å². The zero-order valence-corrected chi connectivity index (χ0v) is 53.7. The Hall–Kier alpha value is -13.1. The summed E-state index contributed by atoms with van der Waals surface area (Å²) >= 11 is 0. The van der Waals surface area contributed by atoms with Crippen molar-refractivity contribution < 1.29 is 23.3 Å². The lowest BCUT2D eigenvalue weighted by molar-refractivity contribution is 1.30. The minimum absolute atomic E-state index is 0.0916. The molecule has 0 heterocycles. The third kappa shape index (κ3) is 10.6. The van der Waals surface area contributed by atoms with E-state index in [1.807, 2.05) is 267 Å². The molecule has 0 unspecified atom stereocenters. The van der Waals surface area contributed by atoms with Crippen LogP contribution in [-0.2, 0) is 0 Å². The first-order chi connectivity index (χ1) is 56.8. The highest BCUT2D eigenvalue weighted by atomic mass is 15.1. The van der Waals surface area contributed by atoms with Crippen molar-refractivity contribution in [2.45, 2.75) is 0 Å². The maximum atomic E-state index is 9.95. The first kappa shape index (κ1) is 43.8. The van der Waals surface area contributed by atoms with Gasteiger partial charge in [0, 0.05) is 33.5 Å². The summed E-state index contributed by atoms with van der Waals surface area (Å²) in [5.74, 6) is 0. The number of fused-ring (bicyclic) bond motifs is 12. The molecule has 100 heavy (non-hydrogen) atoms. The Morgan fingerprint density at radius 1 is 0.170 bits per heavy atom. The maximum absolute atomic E-state index is 9.95. The zero-order chi connectivity index (χ0) is 81.1. The molecule has 468 valence electrons. The van der Waals surface area contributed by atoms with E-state index >= 15 is 0 Å². The lowest BCUT2D eigenvalue weighted by Gasteiger charge is -2.28. The first-order valence-corrected chi connectivity index (χ1v) is 33.1. The Bertz CT molecular complexity index is 7250. The molecular formula is C98H66N2. The minimum Gasteiger partial charge on any atom is -0.310 e. The maximum Gasteiger partial charge on any atom is 0.0645 e. The third-order valence-corrected chi connectivity index (χ3v) is 18.7. The van der Waals surface area contributed by atoms with E-state index in [0.29, 0.717) is 38.8 Å². The summed E-state index contributed by atoms with van der Waals surface area (Å²) in [6, 6.07) is 87.0. The lowest BCUT2D eigenvalue weighted by atomic mass is 9.85. The highest BCUT2D eigenvalue weighted by molar-refractivity contribution is 6.24. The fraction of sp³-hybridized carbons (Fsp3) is 0. The van der Waals surface area contributed by atoms with Gasteiger partial charge in [-0.2, -0.15) is 0 Å². The second-order valence-electron chi connectivity index (χ2n) is 24.4. The summed E-state index contributed by atoms with van der Waals surface area (Å²) < 4.78 is 161. The van der Waals surface area contributed by atoms with E-state index in [2.05, 4.69) is 6.07 Å². The molecule has 0 aliphatic heterocycles. The topological polar surface area (TPSA) is 6.48 Å². The molecule has 0 radical (unpaired) electrons. The molecule has 2 heteroatoms. The molecule has 2 nitrogen and oxygen atoms in total. The molecule has 0 saturated heterocycles. The number of hydrogen-bond acceptors (Lipinski definition) is 2. The summed E-state index contributed by atoms with van der Waals surface area (Å²) in [6.45, 7) is 0. The van der Waals surface area contributed by atoms with Gasteiger partial charge in [0.15, 0.2) is 0 Å². The van der Waals surface area contributed by atoms with Gasteiger partial charge in [0.05, 0.1) is 34.7 Å². The van der Waals surface area contributed by atoms with Crippen LogP contribution in [0.1, 0.15) is 23.3 Å². The van der Waals surface area contributed by atoms with Crippen LogP contribution in [0, 0.1) is 0 Å². The van der Waals surface area contributed by atoms with Gasteiger partial charge in [-0.1, -0.05) is 340 Å². The highest BCUT2D eigenvalue weighted by Gasteiger charge is 2.24. The molecule has 0 aliphatic carbocycles. The zero-order valence-electron chi connectivity index (χ0n) is 70.7. The van der Waals surface area contributed by atoms with Gasteiger partial charge in [0.1, 0.15) is 0 Å². The fourth-order valence-electron chi connectivity index (χ4n) is 14.4. The van der Waals surface area contributed by atoms with Gasteiger partial charge in [-0.15, -0.1) is 0 Å². The molecule has 19 aromatic rings. The van der Waals surface area contributed by atoms with E-state index in [9.17, 15) is 16.4 Å². The molecule has 0 aromatic heterocycles. The summed E-state index contributed by atoms with van der Waals surface area (Å²) in [5.41, 5.74) is 4.98. The Morgan fingerprint density at radius 2 is 0.410 bits per heavy atom. The first-order valence-electron chi connectivity index (χ1n) is 41.6. The second kappa shape index (κ2) is 25.8. The number of benzene rings is 19. The van der Waals surface area contributed by atoms with Crippen LogP contribution in [0.15, 0.2) is 400 Å². The van der Waals surface area contributed by atoms with Crippen LogP contribution in [0.5, 0.6) is 0 Å². The molecule has 0 bridgehead atoms. The summed E-state index contributed by atoms with van der Waals surface area (Å²) in [5, 5.41) is 13.4. The monoisotopic (exact) mass is 1290 g/mol. The standard InChI is InChI=1S/C52H35N.C46H31N/c1-3-15-36(16-4-1)37-27-31-41(32-28-37)53(50-35-40-19-7-8-20-43(40)44-21-9-12-24-47(44)50)42-33-29-39(30-34-42)52-49-26-14-11-23-46(49)45-22-10-13-25-48(45)51(52)38-17-5-2-6-18-38;1-3-15-32(16-4-1)45-42-25-13-10-22-39(42)40-23-11-14-26-43(40)46(45)33-27-29-36(30-28-33)47(35-18-5-2-6-19-35)44-31-34-17-7-8-20-37(34)38-21-9-12-24-41(38)44/h1-35H;1-31H/i27D,28D,29D,30D,31D,32D,33D,34D;2D,5D,6D,18D,19D,27D,28D,29D,30D. The Labute approximate surface area is 606 Å². The smallest absolute Gasteiger partial charge is 0.0645 e. The predicted molar refractivity (Wildman–Crippen MR) is 429 cm³/mol. The van der Waals surface area contributed by atoms with Crippen LogP contribution in [0.3, 0.4) is 0 Å². The van der Waals surface area contributed by atoms with Crippen molar-refractivity contribution in [2.75, 3.05) is 9.80 Å². The molecule has 0 aliphatic rings. The predicted octanol–water partition coefficient (Wildman–Crippen LogP) is 27.9. The minimum atomic E-state index is -0.585. The molecule has 19 rings (SSSR count). The van der Waals surface area contributed by atoms with E-state index in [4.69, 9.17) is 6.85 Å². The van der Waals surface area contributed by atoms with E-state index < -0.39 is 54.4 Å². The molecule has 0 amide bonds. The Morgan fingerprint density at radius 3 is 0.750 bits per heavy atom. The molecule has 19 aromatic carbocycles. The van der Waals surface area contributed by atoms with Crippen molar-refractivity contribution in [3.63, 3.8) is 0 Å². The normalized spacial score (nSPS) is 13.8. The average molecular weight is 1290 g/mol. The van der Waals surface area contributed by atoms with Crippen LogP contribution in [0.25, 0.3) is 142 Å². The second-order valence-corrected chi connectivity index (χ2v) is 24.4. The van der Waals surface area contributed by atoms with Gasteiger partial charge in [0.25, 0.3) is 0 Å². The van der Waals surface area contributed by atoms with E-state index in [-0.39, 0.29) is 87.8 Å². The highest BCUT2D eigenvalue weighted by Crippen LogP contribution is 2.50. The summed E-state index contributed by atoms with van der Waals surface area (Å²) in [4.78, 5) is 2.75. The average Bonchev–Trinajstić information content (AvgIpc) is 0.719. The van der Waals surface area contributed by atoms with Gasteiger partial charge in [0.2, 0.25) is 0 Å². The van der Waals surface area contributed by atoms with Gasteiger partial charge < -0.3 is 9.80 Å². The lowest BCUT2D eigenvalue weighted by Crippen LogP contribution is -2.10.